The normalized spacial score (nSPS) is 28.9. The zero-order valence-corrected chi connectivity index (χ0v) is 10.6. The van der Waals surface area contributed by atoms with Crippen molar-refractivity contribution in [2.45, 2.75) is 31.7 Å². The van der Waals surface area contributed by atoms with Gasteiger partial charge in [0.2, 0.25) is 0 Å². The summed E-state index contributed by atoms with van der Waals surface area (Å²) in [4.78, 5) is 22.8. The molecular weight excluding hydrogens is 240 g/mol. The highest BCUT2D eigenvalue weighted by Gasteiger charge is 2.39. The summed E-state index contributed by atoms with van der Waals surface area (Å²) in [6.45, 7) is 0. The first-order chi connectivity index (χ1) is 9.31. The molecule has 2 saturated carbocycles. The van der Waals surface area contributed by atoms with E-state index < -0.39 is 0 Å². The number of H-pyrrole nitrogens is 1. The quantitative estimate of drug-likeness (QED) is 0.861. The molecule has 2 fully saturated rings. The number of hydrogen-bond donors (Lipinski definition) is 2. The lowest BCUT2D eigenvalue weighted by Gasteiger charge is -2.23. The molecule has 5 nitrogen and oxygen atoms in total. The fourth-order valence-electron chi connectivity index (χ4n) is 3.72. The largest absolute Gasteiger partial charge is 0.366 e. The van der Waals surface area contributed by atoms with Crippen LogP contribution >= 0.6 is 0 Å². The molecule has 1 unspecified atom stereocenters. The van der Waals surface area contributed by atoms with Crippen molar-refractivity contribution < 1.29 is 0 Å². The second kappa shape index (κ2) is 4.05. The van der Waals surface area contributed by atoms with E-state index >= 15 is 0 Å². The van der Waals surface area contributed by atoms with Crippen molar-refractivity contribution in [1.82, 2.24) is 15.0 Å². The monoisotopic (exact) mass is 256 g/mol. The Morgan fingerprint density at radius 1 is 1.26 bits per heavy atom. The van der Waals surface area contributed by atoms with Gasteiger partial charge in [-0.1, -0.05) is 6.42 Å². The third-order valence-corrected chi connectivity index (χ3v) is 4.62. The van der Waals surface area contributed by atoms with Crippen LogP contribution in [0.1, 0.15) is 25.7 Å². The Kier molecular flexibility index (Phi) is 2.33. The van der Waals surface area contributed by atoms with Gasteiger partial charge in [0.25, 0.3) is 5.56 Å². The van der Waals surface area contributed by atoms with Gasteiger partial charge in [0.1, 0.15) is 17.7 Å². The summed E-state index contributed by atoms with van der Waals surface area (Å²) >= 11 is 0. The van der Waals surface area contributed by atoms with Crippen LogP contribution in [-0.2, 0) is 0 Å². The van der Waals surface area contributed by atoms with Gasteiger partial charge in [-0.05, 0) is 37.2 Å². The number of nitrogens with one attached hydrogen (secondary N) is 2. The van der Waals surface area contributed by atoms with E-state index in [0.717, 1.165) is 23.0 Å². The Balaban J connectivity index is 1.72. The van der Waals surface area contributed by atoms with Crippen LogP contribution in [0.5, 0.6) is 0 Å². The summed E-state index contributed by atoms with van der Waals surface area (Å²) in [5.74, 6) is 2.46. The van der Waals surface area contributed by atoms with Crippen molar-refractivity contribution in [3.8, 4) is 0 Å². The standard InChI is InChI=1S/C14H16N4O/c19-14-12-10(3-4-15-14)13(17-7-16-12)18-11-6-8-1-2-9(11)5-8/h3-4,7-9,11H,1-2,5-6H2,(H,15,19)(H,16,17,18)/t8-,9+,11?/m1/s1. The van der Waals surface area contributed by atoms with Crippen molar-refractivity contribution in [1.29, 1.82) is 0 Å². The van der Waals surface area contributed by atoms with E-state index in [1.807, 2.05) is 6.07 Å². The Bertz CT molecular complexity index is 680. The van der Waals surface area contributed by atoms with Gasteiger partial charge in [-0.15, -0.1) is 0 Å². The summed E-state index contributed by atoms with van der Waals surface area (Å²) in [7, 11) is 0. The topological polar surface area (TPSA) is 70.7 Å². The van der Waals surface area contributed by atoms with E-state index in [4.69, 9.17) is 0 Å². The zero-order chi connectivity index (χ0) is 12.8. The maximum absolute atomic E-state index is 11.7. The highest BCUT2D eigenvalue weighted by atomic mass is 16.1. The minimum absolute atomic E-state index is 0.157. The highest BCUT2D eigenvalue weighted by molar-refractivity contribution is 5.87. The van der Waals surface area contributed by atoms with Gasteiger partial charge in [0, 0.05) is 17.6 Å². The second-order valence-electron chi connectivity index (χ2n) is 5.72. The number of aromatic nitrogens is 3. The molecule has 2 N–H and O–H groups in total. The molecule has 3 atom stereocenters. The molecule has 0 aliphatic heterocycles. The maximum atomic E-state index is 11.7. The van der Waals surface area contributed by atoms with E-state index in [0.29, 0.717) is 11.6 Å². The van der Waals surface area contributed by atoms with Crippen molar-refractivity contribution in [2.24, 2.45) is 11.8 Å². The lowest BCUT2D eigenvalue weighted by Crippen LogP contribution is -2.26. The smallest absolute Gasteiger partial charge is 0.274 e. The summed E-state index contributed by atoms with van der Waals surface area (Å²) in [6.07, 6.45) is 8.41. The summed E-state index contributed by atoms with van der Waals surface area (Å²) in [5.41, 5.74) is 0.305. The maximum Gasteiger partial charge on any atom is 0.274 e. The van der Waals surface area contributed by atoms with Crippen LogP contribution in [0.25, 0.3) is 10.9 Å². The van der Waals surface area contributed by atoms with Gasteiger partial charge in [-0.2, -0.15) is 0 Å². The minimum atomic E-state index is -0.157. The molecule has 2 aromatic rings. The molecular formula is C14H16N4O. The average Bonchev–Trinajstić information content (AvgIpc) is 3.02. The van der Waals surface area contributed by atoms with E-state index in [9.17, 15) is 4.79 Å². The average molecular weight is 256 g/mol. The summed E-state index contributed by atoms with van der Waals surface area (Å²) in [6, 6.07) is 2.38. The molecule has 0 saturated heterocycles. The fourth-order valence-corrected chi connectivity index (χ4v) is 3.72. The zero-order valence-electron chi connectivity index (χ0n) is 10.6. The number of anilines is 1. The molecule has 0 radical (unpaired) electrons. The first kappa shape index (κ1) is 11.0. The van der Waals surface area contributed by atoms with Crippen LogP contribution in [0.4, 0.5) is 5.82 Å². The van der Waals surface area contributed by atoms with Gasteiger partial charge in [0.05, 0.1) is 0 Å². The molecule has 0 aromatic carbocycles. The minimum Gasteiger partial charge on any atom is -0.366 e. The molecule has 2 heterocycles. The SMILES string of the molecule is O=c1[nH]ccc2c(NC3C[C@@H]4CC[C@H]3C4)ncnc12. The third kappa shape index (κ3) is 1.72. The Morgan fingerprint density at radius 3 is 3.00 bits per heavy atom. The van der Waals surface area contributed by atoms with E-state index in [1.165, 1.54) is 32.0 Å². The lowest BCUT2D eigenvalue weighted by atomic mass is 9.95. The van der Waals surface area contributed by atoms with Gasteiger partial charge in [0.15, 0.2) is 0 Å². The van der Waals surface area contributed by atoms with E-state index in [1.54, 1.807) is 6.20 Å². The molecule has 2 aromatic heterocycles. The molecule has 0 spiro atoms. The van der Waals surface area contributed by atoms with Crippen LogP contribution in [0.15, 0.2) is 23.4 Å². The lowest BCUT2D eigenvalue weighted by molar-refractivity contribution is 0.439. The number of hydrogen-bond acceptors (Lipinski definition) is 4. The predicted octanol–water partition coefficient (Wildman–Crippen LogP) is 1.92. The molecule has 5 heteroatoms. The number of fused-ring (bicyclic) bond motifs is 3. The molecule has 2 aliphatic carbocycles. The highest BCUT2D eigenvalue weighted by Crippen LogP contribution is 2.45. The van der Waals surface area contributed by atoms with Crippen LogP contribution in [0.3, 0.4) is 0 Å². The molecule has 0 amide bonds. The second-order valence-corrected chi connectivity index (χ2v) is 5.72. The number of nitrogens with zero attached hydrogens (tertiary/aromatic N) is 2. The van der Waals surface area contributed by atoms with Crippen LogP contribution in [0.2, 0.25) is 0 Å². The third-order valence-electron chi connectivity index (χ3n) is 4.62. The number of pyridine rings is 1. The van der Waals surface area contributed by atoms with Crippen LogP contribution in [0, 0.1) is 11.8 Å². The Hall–Kier alpha value is -1.91. The van der Waals surface area contributed by atoms with Crippen molar-refractivity contribution >= 4 is 16.7 Å². The first-order valence-electron chi connectivity index (χ1n) is 6.90. The van der Waals surface area contributed by atoms with E-state index in [-0.39, 0.29) is 5.56 Å². The van der Waals surface area contributed by atoms with Crippen LogP contribution in [-0.4, -0.2) is 21.0 Å². The molecule has 2 bridgehead atoms. The van der Waals surface area contributed by atoms with Gasteiger partial charge in [-0.25, -0.2) is 9.97 Å². The van der Waals surface area contributed by atoms with Crippen LogP contribution < -0.4 is 10.9 Å². The number of aromatic amines is 1. The fraction of sp³-hybridized carbons (Fsp3) is 0.500. The van der Waals surface area contributed by atoms with Gasteiger partial charge in [-0.3, -0.25) is 4.79 Å². The van der Waals surface area contributed by atoms with Crippen molar-refractivity contribution in [3.63, 3.8) is 0 Å². The van der Waals surface area contributed by atoms with Crippen molar-refractivity contribution in [3.05, 3.63) is 28.9 Å². The summed E-state index contributed by atoms with van der Waals surface area (Å²) in [5, 5.41) is 4.35. The number of rotatable bonds is 2. The molecule has 98 valence electrons. The summed E-state index contributed by atoms with van der Waals surface area (Å²) < 4.78 is 0. The van der Waals surface area contributed by atoms with Crippen molar-refractivity contribution in [2.75, 3.05) is 5.32 Å². The molecule has 19 heavy (non-hydrogen) atoms. The molecule has 2 aliphatic rings. The van der Waals surface area contributed by atoms with Gasteiger partial charge >= 0.3 is 0 Å². The predicted molar refractivity (Wildman–Crippen MR) is 73.0 cm³/mol. The Labute approximate surface area is 110 Å². The van der Waals surface area contributed by atoms with E-state index in [2.05, 4.69) is 20.3 Å². The Morgan fingerprint density at radius 2 is 2.21 bits per heavy atom. The molecule has 4 rings (SSSR count). The van der Waals surface area contributed by atoms with Gasteiger partial charge < -0.3 is 10.3 Å². The first-order valence-corrected chi connectivity index (χ1v) is 6.90.